The van der Waals surface area contributed by atoms with Crippen LogP contribution in [0.1, 0.15) is 29.3 Å². The van der Waals surface area contributed by atoms with Crippen molar-refractivity contribution in [2.45, 2.75) is 26.3 Å². The normalized spacial score (nSPS) is 10.9. The van der Waals surface area contributed by atoms with Crippen LogP contribution < -0.4 is 11.1 Å². The first kappa shape index (κ1) is 18.0. The highest BCUT2D eigenvalue weighted by Gasteiger charge is 2.11. The molecule has 0 aliphatic carbocycles. The fraction of sp³-hybridized carbons (Fsp3) is 0.556. The highest BCUT2D eigenvalue weighted by molar-refractivity contribution is 7.11. The average molecular weight is 286 g/mol. The van der Waals surface area contributed by atoms with Crippen molar-refractivity contribution in [2.24, 2.45) is 5.73 Å². The smallest absolute Gasteiger partial charge is 0.221 e. The van der Waals surface area contributed by atoms with E-state index in [0.29, 0.717) is 13.0 Å². The van der Waals surface area contributed by atoms with Crippen molar-refractivity contribution in [1.82, 2.24) is 10.3 Å². The summed E-state index contributed by atoms with van der Waals surface area (Å²) >= 11 is 1.60. The molecule has 1 aromatic rings. The fourth-order valence-electron chi connectivity index (χ4n) is 1.08. The van der Waals surface area contributed by atoms with Crippen molar-refractivity contribution in [3.05, 3.63) is 16.1 Å². The molecule has 0 aromatic carbocycles. The fourth-order valence-corrected chi connectivity index (χ4v) is 1.86. The third-order valence-electron chi connectivity index (χ3n) is 1.76. The van der Waals surface area contributed by atoms with E-state index in [1.54, 1.807) is 11.3 Å². The van der Waals surface area contributed by atoms with Gasteiger partial charge in [0.25, 0.3) is 0 Å². The molecule has 1 rings (SSSR count). The van der Waals surface area contributed by atoms with Gasteiger partial charge < -0.3 is 11.1 Å². The third kappa shape index (κ3) is 5.65. The summed E-state index contributed by atoms with van der Waals surface area (Å²) in [5, 5.41) is 3.78. The number of rotatable bonds is 4. The van der Waals surface area contributed by atoms with E-state index in [-0.39, 0.29) is 36.8 Å². The van der Waals surface area contributed by atoms with Gasteiger partial charge in [0.1, 0.15) is 5.01 Å². The van der Waals surface area contributed by atoms with Crippen LogP contribution in [0.3, 0.4) is 0 Å². The zero-order valence-corrected chi connectivity index (χ0v) is 11.7. The molecule has 0 saturated heterocycles. The van der Waals surface area contributed by atoms with Gasteiger partial charge >= 0.3 is 0 Å². The Morgan fingerprint density at radius 1 is 1.62 bits per heavy atom. The van der Waals surface area contributed by atoms with Crippen LogP contribution in [0.4, 0.5) is 0 Å². The van der Waals surface area contributed by atoms with E-state index in [2.05, 4.69) is 10.3 Å². The predicted molar refractivity (Wildman–Crippen MR) is 71.6 cm³/mol. The van der Waals surface area contributed by atoms with Gasteiger partial charge in [-0.3, -0.25) is 4.79 Å². The Balaban J connectivity index is 0. The van der Waals surface area contributed by atoms with Crippen molar-refractivity contribution in [1.29, 1.82) is 0 Å². The SMILES string of the molecule is Cc1cnc(C(C)NC(=O)CCN)s1.Cl.Cl. The summed E-state index contributed by atoms with van der Waals surface area (Å²) in [6, 6.07) is -0.0206. The van der Waals surface area contributed by atoms with Crippen molar-refractivity contribution < 1.29 is 4.79 Å². The summed E-state index contributed by atoms with van der Waals surface area (Å²) in [6.45, 7) is 4.30. The molecule has 0 aliphatic heterocycles. The number of amides is 1. The second-order valence-corrected chi connectivity index (χ2v) is 4.40. The van der Waals surface area contributed by atoms with Gasteiger partial charge in [-0.15, -0.1) is 36.2 Å². The lowest BCUT2D eigenvalue weighted by Crippen LogP contribution is -2.28. The zero-order valence-electron chi connectivity index (χ0n) is 9.23. The number of nitrogens with one attached hydrogen (secondary N) is 1. The van der Waals surface area contributed by atoms with E-state index in [1.165, 1.54) is 0 Å². The molecule has 0 aliphatic rings. The summed E-state index contributed by atoms with van der Waals surface area (Å²) in [5.41, 5.74) is 5.27. The van der Waals surface area contributed by atoms with Crippen molar-refractivity contribution in [3.8, 4) is 0 Å². The third-order valence-corrected chi connectivity index (χ3v) is 2.85. The molecule has 1 unspecified atom stereocenters. The van der Waals surface area contributed by atoms with Gasteiger partial charge in [-0.1, -0.05) is 0 Å². The molecule has 3 N–H and O–H groups in total. The van der Waals surface area contributed by atoms with Crippen LogP contribution in [0.2, 0.25) is 0 Å². The highest BCUT2D eigenvalue weighted by atomic mass is 35.5. The molecule has 94 valence electrons. The average Bonchev–Trinajstić information content (AvgIpc) is 2.52. The standard InChI is InChI=1S/C9H15N3OS.2ClH/c1-6-5-11-9(14-6)7(2)12-8(13)3-4-10;;/h5,7H,3-4,10H2,1-2H3,(H,12,13);2*1H. The Morgan fingerprint density at radius 2 is 2.25 bits per heavy atom. The molecule has 4 nitrogen and oxygen atoms in total. The minimum absolute atomic E-state index is 0. The number of nitrogens with two attached hydrogens (primary N) is 1. The number of hydrogen-bond donors (Lipinski definition) is 2. The molecule has 0 bridgehead atoms. The van der Waals surface area contributed by atoms with E-state index >= 15 is 0 Å². The number of hydrogen-bond acceptors (Lipinski definition) is 4. The van der Waals surface area contributed by atoms with Gasteiger partial charge in [0.15, 0.2) is 0 Å². The van der Waals surface area contributed by atoms with E-state index in [9.17, 15) is 4.79 Å². The predicted octanol–water partition coefficient (Wildman–Crippen LogP) is 1.82. The first-order valence-electron chi connectivity index (χ1n) is 4.55. The van der Waals surface area contributed by atoms with Gasteiger partial charge in [0.05, 0.1) is 6.04 Å². The number of thiazole rings is 1. The van der Waals surface area contributed by atoms with Crippen LogP contribution in [-0.2, 0) is 4.79 Å². The Hall–Kier alpha value is -0.360. The lowest BCUT2D eigenvalue weighted by Gasteiger charge is -2.10. The van der Waals surface area contributed by atoms with Crippen LogP contribution in [0.15, 0.2) is 6.20 Å². The molecule has 0 fully saturated rings. The molecule has 7 heteroatoms. The number of aromatic nitrogens is 1. The summed E-state index contributed by atoms with van der Waals surface area (Å²) in [5.74, 6) is -0.0205. The summed E-state index contributed by atoms with van der Waals surface area (Å²) in [7, 11) is 0. The monoisotopic (exact) mass is 285 g/mol. The Bertz CT molecular complexity index is 319. The van der Waals surface area contributed by atoms with E-state index in [4.69, 9.17) is 5.73 Å². The number of halogens is 2. The first-order chi connectivity index (χ1) is 6.63. The summed E-state index contributed by atoms with van der Waals surface area (Å²) in [6.07, 6.45) is 2.18. The molecule has 0 radical (unpaired) electrons. The number of carbonyl (C=O) groups excluding carboxylic acids is 1. The second kappa shape index (κ2) is 8.75. The summed E-state index contributed by atoms with van der Waals surface area (Å²) < 4.78 is 0. The molecule has 1 aromatic heterocycles. The maximum Gasteiger partial charge on any atom is 0.221 e. The second-order valence-electron chi connectivity index (χ2n) is 3.14. The molecule has 1 amide bonds. The Morgan fingerprint density at radius 3 is 2.69 bits per heavy atom. The minimum Gasteiger partial charge on any atom is -0.347 e. The van der Waals surface area contributed by atoms with Crippen LogP contribution in [-0.4, -0.2) is 17.4 Å². The maximum atomic E-state index is 11.2. The van der Waals surface area contributed by atoms with Gasteiger partial charge in [-0.2, -0.15) is 0 Å². The van der Waals surface area contributed by atoms with Crippen LogP contribution in [0.5, 0.6) is 0 Å². The zero-order chi connectivity index (χ0) is 10.6. The molecule has 1 atom stereocenters. The van der Waals surface area contributed by atoms with Gasteiger partial charge in [-0.25, -0.2) is 4.98 Å². The lowest BCUT2D eigenvalue weighted by atomic mass is 10.3. The van der Waals surface area contributed by atoms with Gasteiger partial charge in [0, 0.05) is 24.0 Å². The number of nitrogens with zero attached hydrogens (tertiary/aromatic N) is 1. The van der Waals surface area contributed by atoms with Crippen molar-refractivity contribution in [2.75, 3.05) is 6.54 Å². The Labute approximate surface area is 112 Å². The minimum atomic E-state index is -0.0206. The van der Waals surface area contributed by atoms with E-state index < -0.39 is 0 Å². The van der Waals surface area contributed by atoms with Gasteiger partial charge in [0.2, 0.25) is 5.91 Å². The molecule has 16 heavy (non-hydrogen) atoms. The molecule has 0 saturated carbocycles. The van der Waals surface area contributed by atoms with Crippen LogP contribution in [0, 0.1) is 6.92 Å². The quantitative estimate of drug-likeness (QED) is 0.887. The summed E-state index contributed by atoms with van der Waals surface area (Å²) in [4.78, 5) is 16.6. The Kier molecular flexibility index (Phi) is 9.86. The lowest BCUT2D eigenvalue weighted by molar-refractivity contribution is -0.121. The molecular weight excluding hydrogens is 269 g/mol. The largest absolute Gasteiger partial charge is 0.347 e. The topological polar surface area (TPSA) is 68.0 Å². The van der Waals surface area contributed by atoms with Gasteiger partial charge in [-0.05, 0) is 13.8 Å². The molecular formula is C9H17Cl2N3OS. The van der Waals surface area contributed by atoms with E-state index in [1.807, 2.05) is 20.0 Å². The van der Waals surface area contributed by atoms with Crippen LogP contribution in [0.25, 0.3) is 0 Å². The molecule has 1 heterocycles. The maximum absolute atomic E-state index is 11.2. The van der Waals surface area contributed by atoms with E-state index in [0.717, 1.165) is 9.88 Å². The first-order valence-corrected chi connectivity index (χ1v) is 5.37. The van der Waals surface area contributed by atoms with Crippen LogP contribution >= 0.6 is 36.2 Å². The molecule has 0 spiro atoms. The number of aryl methyl sites for hydroxylation is 1. The highest BCUT2D eigenvalue weighted by Crippen LogP contribution is 2.18. The number of carbonyl (C=O) groups is 1. The van der Waals surface area contributed by atoms with Crippen molar-refractivity contribution >= 4 is 42.1 Å². The van der Waals surface area contributed by atoms with Crippen molar-refractivity contribution in [3.63, 3.8) is 0 Å².